The molecule has 2 aromatic carbocycles. The normalized spacial score (nSPS) is 17.5. The average molecular weight is 481 g/mol. The van der Waals surface area contributed by atoms with Crippen LogP contribution in [0.25, 0.3) is 5.76 Å². The summed E-state index contributed by atoms with van der Waals surface area (Å²) in [5, 5.41) is 11.4. The molecule has 1 amide bonds. The smallest absolute Gasteiger partial charge is 0.295 e. The molecule has 1 aliphatic heterocycles. The van der Waals surface area contributed by atoms with Crippen LogP contribution in [0.1, 0.15) is 56.3 Å². The molecule has 1 unspecified atom stereocenters. The molecule has 3 rings (SSSR count). The fourth-order valence-corrected chi connectivity index (χ4v) is 4.60. The summed E-state index contributed by atoms with van der Waals surface area (Å²) in [6, 6.07) is 11.9. The van der Waals surface area contributed by atoms with E-state index in [4.69, 9.17) is 9.47 Å². The minimum absolute atomic E-state index is 0.0684. The third kappa shape index (κ3) is 5.20. The predicted molar refractivity (Wildman–Crippen MR) is 137 cm³/mol. The van der Waals surface area contributed by atoms with Gasteiger partial charge < -0.3 is 24.4 Å². The van der Waals surface area contributed by atoms with Crippen LogP contribution >= 0.6 is 0 Å². The summed E-state index contributed by atoms with van der Waals surface area (Å²) in [5.41, 5.74) is 2.10. The second-order valence-electron chi connectivity index (χ2n) is 8.87. The van der Waals surface area contributed by atoms with Crippen molar-refractivity contribution in [3.63, 3.8) is 0 Å². The quantitative estimate of drug-likeness (QED) is 0.304. The van der Waals surface area contributed by atoms with Gasteiger partial charge in [-0.1, -0.05) is 45.9 Å². The molecular weight excluding hydrogens is 444 g/mol. The molecule has 7 heteroatoms. The molecule has 0 aromatic heterocycles. The number of carbonyl (C=O) groups is 2. The fourth-order valence-electron chi connectivity index (χ4n) is 4.60. The first-order valence-corrected chi connectivity index (χ1v) is 12.1. The number of nitrogens with zero attached hydrogens (tertiary/aromatic N) is 2. The largest absolute Gasteiger partial charge is 0.507 e. The number of hydrogen-bond donors (Lipinski definition) is 1. The van der Waals surface area contributed by atoms with Gasteiger partial charge in [0.15, 0.2) is 0 Å². The molecule has 188 valence electrons. The van der Waals surface area contributed by atoms with Crippen LogP contribution in [0.5, 0.6) is 11.5 Å². The highest BCUT2D eigenvalue weighted by Crippen LogP contribution is 2.43. The van der Waals surface area contributed by atoms with Crippen molar-refractivity contribution in [3.8, 4) is 11.5 Å². The molecule has 1 fully saturated rings. The van der Waals surface area contributed by atoms with E-state index in [1.807, 2.05) is 38.1 Å². The van der Waals surface area contributed by atoms with Crippen LogP contribution in [0.15, 0.2) is 48.0 Å². The van der Waals surface area contributed by atoms with Crippen molar-refractivity contribution in [2.24, 2.45) is 0 Å². The Morgan fingerprint density at radius 1 is 1.03 bits per heavy atom. The van der Waals surface area contributed by atoms with Gasteiger partial charge >= 0.3 is 0 Å². The van der Waals surface area contributed by atoms with Gasteiger partial charge in [-0.25, -0.2) is 0 Å². The van der Waals surface area contributed by atoms with E-state index in [0.717, 1.165) is 18.7 Å². The number of benzene rings is 2. The summed E-state index contributed by atoms with van der Waals surface area (Å²) >= 11 is 0. The number of methoxy groups -OCH3 is 2. The van der Waals surface area contributed by atoms with E-state index < -0.39 is 17.7 Å². The van der Waals surface area contributed by atoms with E-state index >= 15 is 0 Å². The maximum atomic E-state index is 13.4. The van der Waals surface area contributed by atoms with Gasteiger partial charge in [0.25, 0.3) is 11.7 Å². The molecule has 1 atom stereocenters. The maximum Gasteiger partial charge on any atom is 0.295 e. The number of carbonyl (C=O) groups excluding carboxylic acids is 2. The lowest BCUT2D eigenvalue weighted by atomic mass is 9.92. The van der Waals surface area contributed by atoms with Crippen LogP contribution < -0.4 is 9.47 Å². The molecule has 1 saturated heterocycles. The minimum atomic E-state index is -0.758. The Morgan fingerprint density at radius 2 is 1.69 bits per heavy atom. The summed E-state index contributed by atoms with van der Waals surface area (Å²) in [6.07, 6.45) is 0. The number of para-hydroxylation sites is 1. The SMILES string of the molecule is CCN(CC)CCN1C(=O)C(=O)/C(=C(/O)c2ccc(OC)c(C(C)C)c2)C1c1ccccc1OC. The maximum absolute atomic E-state index is 13.4. The van der Waals surface area contributed by atoms with E-state index in [0.29, 0.717) is 35.7 Å². The fraction of sp³-hybridized carbons (Fsp3) is 0.429. The van der Waals surface area contributed by atoms with Gasteiger partial charge in [-0.05, 0) is 48.8 Å². The topological polar surface area (TPSA) is 79.3 Å². The Bertz CT molecular complexity index is 1100. The van der Waals surface area contributed by atoms with Gasteiger partial charge in [0, 0.05) is 24.2 Å². The number of aliphatic hydroxyl groups is 1. The van der Waals surface area contributed by atoms with Crippen molar-refractivity contribution in [1.29, 1.82) is 0 Å². The average Bonchev–Trinajstić information content (AvgIpc) is 3.13. The van der Waals surface area contributed by atoms with E-state index in [-0.39, 0.29) is 17.3 Å². The summed E-state index contributed by atoms with van der Waals surface area (Å²) in [4.78, 5) is 30.3. The van der Waals surface area contributed by atoms with Crippen molar-refractivity contribution in [2.45, 2.75) is 39.7 Å². The van der Waals surface area contributed by atoms with Crippen LogP contribution in [-0.2, 0) is 9.59 Å². The highest BCUT2D eigenvalue weighted by atomic mass is 16.5. The number of ketones is 1. The standard InChI is InChI=1S/C28H36N2O5/c1-7-29(8-2)15-16-30-25(20-11-9-10-12-22(20)34-5)24(27(32)28(30)33)26(31)19-13-14-23(35-6)21(17-19)18(3)4/h9-14,17-18,25,31H,7-8,15-16H2,1-6H3/b26-24+. The molecule has 1 aliphatic rings. The van der Waals surface area contributed by atoms with Crippen molar-refractivity contribution < 1.29 is 24.2 Å². The lowest BCUT2D eigenvalue weighted by molar-refractivity contribution is -0.140. The zero-order chi connectivity index (χ0) is 25.7. The third-order valence-electron chi connectivity index (χ3n) is 6.65. The number of likely N-dealkylation sites (tertiary alicyclic amines) is 1. The molecule has 1 heterocycles. The van der Waals surface area contributed by atoms with E-state index in [2.05, 4.69) is 18.7 Å². The Hall–Kier alpha value is -3.32. The summed E-state index contributed by atoms with van der Waals surface area (Å²) in [7, 11) is 3.16. The zero-order valence-electron chi connectivity index (χ0n) is 21.5. The van der Waals surface area contributed by atoms with E-state index in [1.54, 1.807) is 37.3 Å². The Labute approximate surface area is 207 Å². The number of aliphatic hydroxyl groups excluding tert-OH is 1. The molecule has 7 nitrogen and oxygen atoms in total. The van der Waals surface area contributed by atoms with Gasteiger partial charge in [-0.2, -0.15) is 0 Å². The number of rotatable bonds is 10. The highest BCUT2D eigenvalue weighted by Gasteiger charge is 2.47. The monoisotopic (exact) mass is 480 g/mol. The third-order valence-corrected chi connectivity index (χ3v) is 6.65. The Balaban J connectivity index is 2.19. The number of likely N-dealkylation sites (N-methyl/N-ethyl adjacent to an activating group) is 1. The van der Waals surface area contributed by atoms with Crippen LogP contribution in [-0.4, -0.2) is 67.0 Å². The van der Waals surface area contributed by atoms with Crippen LogP contribution in [0.4, 0.5) is 0 Å². The van der Waals surface area contributed by atoms with Gasteiger partial charge in [0.05, 0.1) is 25.8 Å². The van der Waals surface area contributed by atoms with Crippen LogP contribution in [0.2, 0.25) is 0 Å². The zero-order valence-corrected chi connectivity index (χ0v) is 21.5. The summed E-state index contributed by atoms with van der Waals surface area (Å²) < 4.78 is 11.0. The van der Waals surface area contributed by atoms with Gasteiger partial charge in [0.1, 0.15) is 17.3 Å². The van der Waals surface area contributed by atoms with Gasteiger partial charge in [0.2, 0.25) is 0 Å². The molecule has 0 aliphatic carbocycles. The van der Waals surface area contributed by atoms with E-state index in [9.17, 15) is 14.7 Å². The van der Waals surface area contributed by atoms with Crippen molar-refractivity contribution >= 4 is 17.4 Å². The molecule has 2 aromatic rings. The molecule has 0 bridgehead atoms. The van der Waals surface area contributed by atoms with Crippen LogP contribution in [0, 0.1) is 0 Å². The van der Waals surface area contributed by atoms with Gasteiger partial charge in [-0.3, -0.25) is 9.59 Å². The first-order chi connectivity index (χ1) is 16.8. The molecule has 35 heavy (non-hydrogen) atoms. The Morgan fingerprint density at radius 3 is 2.29 bits per heavy atom. The molecule has 0 radical (unpaired) electrons. The first kappa shape index (κ1) is 26.3. The van der Waals surface area contributed by atoms with Crippen molar-refractivity contribution in [3.05, 3.63) is 64.7 Å². The highest BCUT2D eigenvalue weighted by molar-refractivity contribution is 6.46. The minimum Gasteiger partial charge on any atom is -0.507 e. The summed E-state index contributed by atoms with van der Waals surface area (Å²) in [5.74, 6) is -0.117. The molecule has 0 spiro atoms. The van der Waals surface area contributed by atoms with Crippen LogP contribution in [0.3, 0.4) is 0 Å². The molecule has 1 N–H and O–H groups in total. The van der Waals surface area contributed by atoms with Gasteiger partial charge in [-0.15, -0.1) is 0 Å². The second-order valence-corrected chi connectivity index (χ2v) is 8.87. The van der Waals surface area contributed by atoms with Crippen molar-refractivity contribution in [1.82, 2.24) is 9.80 Å². The van der Waals surface area contributed by atoms with E-state index in [1.165, 1.54) is 0 Å². The number of hydrogen-bond acceptors (Lipinski definition) is 6. The number of amides is 1. The van der Waals surface area contributed by atoms with Crippen molar-refractivity contribution in [2.75, 3.05) is 40.4 Å². The summed E-state index contributed by atoms with van der Waals surface area (Å²) in [6.45, 7) is 10.8. The lowest BCUT2D eigenvalue weighted by Gasteiger charge is -2.29. The predicted octanol–water partition coefficient (Wildman–Crippen LogP) is 4.59. The Kier molecular flexibility index (Phi) is 8.57. The number of Topliss-reactive ketones (excluding diaryl/α,β-unsaturated/α-hetero) is 1. The number of ether oxygens (including phenoxy) is 2. The lowest BCUT2D eigenvalue weighted by Crippen LogP contribution is -2.38. The first-order valence-electron chi connectivity index (χ1n) is 12.1. The second kappa shape index (κ2) is 11.4. The molecule has 0 saturated carbocycles. The molecular formula is C28H36N2O5.